The monoisotopic (exact) mass is 603 g/mol. The zero-order valence-corrected chi connectivity index (χ0v) is 27.9. The number of ether oxygens (including phenoxy) is 1. The number of rotatable bonds is 19. The van der Waals surface area contributed by atoms with Gasteiger partial charge < -0.3 is 4.74 Å². The Labute approximate surface area is 272 Å². The molecule has 0 saturated carbocycles. The maximum atomic E-state index is 13.4. The minimum absolute atomic E-state index is 0.0303. The SMILES string of the molecule is CCCCCCCCc1ccc(C(=O)Oc2ccc(C=N[C@H](C)c3cccc4ccccc34)cc2)c(CCCCCCCC)c1. The van der Waals surface area contributed by atoms with Crippen LogP contribution in [0.3, 0.4) is 0 Å². The van der Waals surface area contributed by atoms with Crippen molar-refractivity contribution >= 4 is 23.0 Å². The van der Waals surface area contributed by atoms with Gasteiger partial charge in [0.25, 0.3) is 0 Å². The summed E-state index contributed by atoms with van der Waals surface area (Å²) >= 11 is 0. The van der Waals surface area contributed by atoms with E-state index in [4.69, 9.17) is 9.73 Å². The Morgan fingerprint density at radius 1 is 0.711 bits per heavy atom. The lowest BCUT2D eigenvalue weighted by molar-refractivity contribution is 0.0733. The zero-order valence-electron chi connectivity index (χ0n) is 27.9. The van der Waals surface area contributed by atoms with Crippen LogP contribution < -0.4 is 4.74 Å². The fourth-order valence-electron chi connectivity index (χ4n) is 6.09. The Bertz CT molecular complexity index is 1480. The highest BCUT2D eigenvalue weighted by Gasteiger charge is 2.15. The maximum absolute atomic E-state index is 13.4. The molecule has 0 aromatic heterocycles. The molecule has 3 nitrogen and oxygen atoms in total. The van der Waals surface area contributed by atoms with E-state index in [1.165, 1.54) is 92.5 Å². The number of benzene rings is 4. The van der Waals surface area contributed by atoms with Crippen molar-refractivity contribution in [1.29, 1.82) is 0 Å². The Morgan fingerprint density at radius 3 is 2.09 bits per heavy atom. The smallest absolute Gasteiger partial charge is 0.343 e. The number of hydrogen-bond donors (Lipinski definition) is 0. The highest BCUT2D eigenvalue weighted by atomic mass is 16.5. The predicted octanol–water partition coefficient (Wildman–Crippen LogP) is 12.0. The largest absolute Gasteiger partial charge is 0.423 e. The molecule has 0 aliphatic heterocycles. The van der Waals surface area contributed by atoms with Crippen molar-refractivity contribution in [3.8, 4) is 5.75 Å². The van der Waals surface area contributed by atoms with Crippen molar-refractivity contribution in [2.24, 2.45) is 4.99 Å². The van der Waals surface area contributed by atoms with Crippen LogP contribution in [0.5, 0.6) is 5.75 Å². The molecule has 0 heterocycles. The minimum atomic E-state index is -0.270. The topological polar surface area (TPSA) is 38.7 Å². The molecular weight excluding hydrogens is 550 g/mol. The Hall–Kier alpha value is -3.72. The van der Waals surface area contributed by atoms with Crippen LogP contribution in [0.4, 0.5) is 0 Å². The van der Waals surface area contributed by atoms with Gasteiger partial charge in [0.1, 0.15) is 5.75 Å². The summed E-state index contributed by atoms with van der Waals surface area (Å²) in [4.78, 5) is 18.2. The number of esters is 1. The first kappa shape index (κ1) is 34.2. The average molecular weight is 604 g/mol. The second kappa shape index (κ2) is 18.9. The molecule has 0 fully saturated rings. The quantitative estimate of drug-likeness (QED) is 0.0463. The van der Waals surface area contributed by atoms with Crippen molar-refractivity contribution in [2.45, 2.75) is 117 Å². The van der Waals surface area contributed by atoms with Crippen LogP contribution in [0, 0.1) is 0 Å². The van der Waals surface area contributed by atoms with E-state index in [1.807, 2.05) is 36.5 Å². The first-order valence-electron chi connectivity index (χ1n) is 17.5. The molecular formula is C42H53NO2. The number of fused-ring (bicyclic) bond motifs is 1. The summed E-state index contributed by atoms with van der Waals surface area (Å²) in [6.07, 6.45) is 19.1. The highest BCUT2D eigenvalue weighted by Crippen LogP contribution is 2.27. The van der Waals surface area contributed by atoms with Crippen molar-refractivity contribution < 1.29 is 9.53 Å². The van der Waals surface area contributed by atoms with Gasteiger partial charge in [-0.05, 0) is 96.0 Å². The molecule has 0 aliphatic carbocycles. The lowest BCUT2D eigenvalue weighted by Gasteiger charge is -2.13. The number of nitrogens with zero attached hydrogens (tertiary/aromatic N) is 1. The standard InChI is InChI=1S/C42H53NO2/c1-4-6-8-10-12-14-19-34-27-30-41(37(31-34)21-15-13-11-9-7-5-2)42(44)45-38-28-25-35(26-29-38)32-43-33(3)39-24-18-22-36-20-16-17-23-40(36)39/h16-18,20,22-33H,4-15,19,21H2,1-3H3/t33-/m1/s1. The van der Waals surface area contributed by atoms with Gasteiger partial charge in [-0.3, -0.25) is 4.99 Å². The third kappa shape index (κ3) is 11.0. The van der Waals surface area contributed by atoms with Crippen molar-refractivity contribution in [2.75, 3.05) is 0 Å². The van der Waals surface area contributed by atoms with Gasteiger partial charge in [0.05, 0.1) is 11.6 Å². The Kier molecular flexibility index (Phi) is 14.4. The summed E-state index contributed by atoms with van der Waals surface area (Å²) in [6, 6.07) is 28.9. The van der Waals surface area contributed by atoms with Gasteiger partial charge >= 0.3 is 5.97 Å². The molecule has 4 rings (SSSR count). The van der Waals surface area contributed by atoms with E-state index in [0.29, 0.717) is 11.3 Å². The average Bonchev–Trinajstić information content (AvgIpc) is 3.07. The van der Waals surface area contributed by atoms with Crippen LogP contribution in [-0.4, -0.2) is 12.2 Å². The first-order chi connectivity index (χ1) is 22.1. The van der Waals surface area contributed by atoms with Crippen LogP contribution >= 0.6 is 0 Å². The molecule has 0 spiro atoms. The normalized spacial score (nSPS) is 12.2. The molecule has 0 amide bonds. The fourth-order valence-corrected chi connectivity index (χ4v) is 6.09. The lowest BCUT2D eigenvalue weighted by atomic mass is 9.96. The van der Waals surface area contributed by atoms with Gasteiger partial charge in [0.2, 0.25) is 0 Å². The molecule has 0 bridgehead atoms. The molecule has 0 saturated heterocycles. The molecule has 0 radical (unpaired) electrons. The van der Waals surface area contributed by atoms with E-state index in [2.05, 4.69) is 75.4 Å². The van der Waals surface area contributed by atoms with Gasteiger partial charge in [0, 0.05) is 6.21 Å². The molecule has 0 unspecified atom stereocenters. The van der Waals surface area contributed by atoms with Gasteiger partial charge in [-0.25, -0.2) is 4.79 Å². The summed E-state index contributed by atoms with van der Waals surface area (Å²) in [6.45, 7) is 6.63. The number of aliphatic imine (C=N–C) groups is 1. The van der Waals surface area contributed by atoms with E-state index in [-0.39, 0.29) is 12.0 Å². The summed E-state index contributed by atoms with van der Waals surface area (Å²) in [5.41, 5.74) is 5.36. The van der Waals surface area contributed by atoms with E-state index >= 15 is 0 Å². The molecule has 0 N–H and O–H groups in total. The van der Waals surface area contributed by atoms with E-state index in [9.17, 15) is 4.79 Å². The van der Waals surface area contributed by atoms with Crippen LogP contribution in [0.1, 0.15) is 136 Å². The summed E-state index contributed by atoms with van der Waals surface area (Å²) < 4.78 is 5.89. The van der Waals surface area contributed by atoms with Crippen molar-refractivity contribution in [3.63, 3.8) is 0 Å². The molecule has 4 aromatic rings. The summed E-state index contributed by atoms with van der Waals surface area (Å²) in [5.74, 6) is 0.286. The number of carbonyl (C=O) groups is 1. The van der Waals surface area contributed by atoms with Gasteiger partial charge in [-0.1, -0.05) is 133 Å². The third-order valence-electron chi connectivity index (χ3n) is 8.82. The second-order valence-electron chi connectivity index (χ2n) is 12.5. The number of carbonyl (C=O) groups excluding carboxylic acids is 1. The van der Waals surface area contributed by atoms with Gasteiger partial charge in [-0.15, -0.1) is 0 Å². The summed E-state index contributed by atoms with van der Waals surface area (Å²) in [5, 5.41) is 2.46. The molecule has 4 aromatic carbocycles. The Balaban J connectivity index is 1.37. The minimum Gasteiger partial charge on any atom is -0.423 e. The number of hydrogen-bond acceptors (Lipinski definition) is 3. The molecule has 238 valence electrons. The van der Waals surface area contributed by atoms with Crippen LogP contribution in [0.2, 0.25) is 0 Å². The lowest BCUT2D eigenvalue weighted by Crippen LogP contribution is -2.12. The van der Waals surface area contributed by atoms with Crippen LogP contribution in [0.25, 0.3) is 10.8 Å². The van der Waals surface area contributed by atoms with Gasteiger partial charge in [0.15, 0.2) is 0 Å². The van der Waals surface area contributed by atoms with Crippen LogP contribution in [0.15, 0.2) is 89.9 Å². The third-order valence-corrected chi connectivity index (χ3v) is 8.82. The maximum Gasteiger partial charge on any atom is 0.343 e. The van der Waals surface area contributed by atoms with E-state index < -0.39 is 0 Å². The first-order valence-corrected chi connectivity index (χ1v) is 17.5. The van der Waals surface area contributed by atoms with Gasteiger partial charge in [-0.2, -0.15) is 0 Å². The fraction of sp³-hybridized carbons (Fsp3) is 0.429. The van der Waals surface area contributed by atoms with Crippen molar-refractivity contribution in [1.82, 2.24) is 0 Å². The zero-order chi connectivity index (χ0) is 31.7. The molecule has 3 heteroatoms. The highest BCUT2D eigenvalue weighted by molar-refractivity contribution is 5.93. The number of aryl methyl sites for hydroxylation is 2. The second-order valence-corrected chi connectivity index (χ2v) is 12.5. The Morgan fingerprint density at radius 2 is 1.36 bits per heavy atom. The molecule has 45 heavy (non-hydrogen) atoms. The van der Waals surface area contributed by atoms with E-state index in [0.717, 1.165) is 30.4 Å². The number of unbranched alkanes of at least 4 members (excludes halogenated alkanes) is 10. The van der Waals surface area contributed by atoms with E-state index in [1.54, 1.807) is 0 Å². The molecule has 0 aliphatic rings. The van der Waals surface area contributed by atoms with Crippen molar-refractivity contribution in [3.05, 3.63) is 113 Å². The summed E-state index contributed by atoms with van der Waals surface area (Å²) in [7, 11) is 0. The molecule has 1 atom stereocenters. The predicted molar refractivity (Wildman–Crippen MR) is 192 cm³/mol. The van der Waals surface area contributed by atoms with Crippen LogP contribution in [-0.2, 0) is 12.8 Å².